The van der Waals surface area contributed by atoms with E-state index in [-0.39, 0.29) is 16.9 Å². The summed E-state index contributed by atoms with van der Waals surface area (Å²) in [6.45, 7) is 3.98. The van der Waals surface area contributed by atoms with Crippen LogP contribution in [0.5, 0.6) is 0 Å². The first-order valence-electron chi connectivity index (χ1n) is 10.8. The Morgan fingerprint density at radius 3 is 2.39 bits per heavy atom. The van der Waals surface area contributed by atoms with Crippen LogP contribution in [0.4, 0.5) is 0 Å². The third-order valence-corrected chi connectivity index (χ3v) is 6.52. The van der Waals surface area contributed by atoms with Crippen LogP contribution in [0.3, 0.4) is 0 Å². The fraction of sp³-hybridized carbons (Fsp3) is 0.320. The fourth-order valence-electron chi connectivity index (χ4n) is 4.88. The minimum absolute atomic E-state index is 0.0903. The Morgan fingerprint density at radius 1 is 0.968 bits per heavy atom. The molecule has 5 rings (SSSR count). The average Bonchev–Trinajstić information content (AvgIpc) is 3.36. The molecule has 2 aliphatic rings. The quantitative estimate of drug-likeness (QED) is 0.697. The summed E-state index contributed by atoms with van der Waals surface area (Å²) in [6, 6.07) is 20.1. The van der Waals surface area contributed by atoms with Crippen molar-refractivity contribution in [1.29, 1.82) is 0 Å². The van der Waals surface area contributed by atoms with Crippen molar-refractivity contribution in [3.05, 3.63) is 99.7 Å². The smallest absolute Gasteiger partial charge is 0.285 e. The Morgan fingerprint density at radius 2 is 1.65 bits per heavy atom. The molecule has 0 saturated carbocycles. The van der Waals surface area contributed by atoms with Crippen molar-refractivity contribution in [2.45, 2.75) is 37.9 Å². The van der Waals surface area contributed by atoms with Crippen LogP contribution in [0.1, 0.15) is 40.2 Å². The average molecular weight is 415 g/mol. The van der Waals surface area contributed by atoms with Crippen molar-refractivity contribution in [2.75, 3.05) is 13.1 Å². The molecule has 31 heavy (non-hydrogen) atoms. The summed E-state index contributed by atoms with van der Waals surface area (Å²) in [5.41, 5.74) is 1.89. The molecule has 0 unspecified atom stereocenters. The lowest BCUT2D eigenvalue weighted by Crippen LogP contribution is -2.35. The first kappa shape index (κ1) is 19.7. The van der Waals surface area contributed by atoms with Crippen LogP contribution in [-0.4, -0.2) is 33.4 Å². The second-order valence-electron chi connectivity index (χ2n) is 8.62. The van der Waals surface area contributed by atoms with Gasteiger partial charge in [0, 0.05) is 37.8 Å². The molecule has 1 N–H and O–H groups in total. The molecule has 1 atom stereocenters. The molecule has 2 aliphatic heterocycles. The molecule has 1 spiro atoms. The van der Waals surface area contributed by atoms with Gasteiger partial charge in [-0.3, -0.25) is 14.5 Å². The molecule has 1 fully saturated rings. The van der Waals surface area contributed by atoms with Crippen LogP contribution in [0.15, 0.2) is 71.7 Å². The number of rotatable bonds is 5. The molecule has 6 nitrogen and oxygen atoms in total. The van der Waals surface area contributed by atoms with Gasteiger partial charge in [-0.2, -0.15) is 4.98 Å². The molecule has 3 heterocycles. The van der Waals surface area contributed by atoms with Gasteiger partial charge in [-0.15, -0.1) is 0 Å². The number of aryl methyl sites for hydroxylation is 1. The Labute approximate surface area is 181 Å². The minimum atomic E-state index is -0.431. The van der Waals surface area contributed by atoms with Crippen molar-refractivity contribution in [3.8, 4) is 0 Å². The van der Waals surface area contributed by atoms with Crippen LogP contribution in [0.2, 0.25) is 0 Å². The van der Waals surface area contributed by atoms with E-state index in [0.29, 0.717) is 6.54 Å². The number of likely N-dealkylation sites (tertiary alicyclic amines) is 1. The highest BCUT2D eigenvalue weighted by Gasteiger charge is 2.46. The second-order valence-corrected chi connectivity index (χ2v) is 8.62. The van der Waals surface area contributed by atoms with E-state index in [1.165, 1.54) is 5.56 Å². The van der Waals surface area contributed by atoms with E-state index in [4.69, 9.17) is 0 Å². The van der Waals surface area contributed by atoms with Crippen molar-refractivity contribution < 1.29 is 4.79 Å². The zero-order valence-electron chi connectivity index (χ0n) is 17.5. The number of nitrogens with zero attached hydrogens (tertiary/aromatic N) is 3. The number of carbonyl (C=O) groups excluding carboxylic acids is 1. The largest absolute Gasteiger partial charge is 0.348 e. The molecule has 1 amide bonds. The summed E-state index contributed by atoms with van der Waals surface area (Å²) in [5, 5.41) is 2.84. The number of fused-ring (bicyclic) bond motifs is 2. The number of nitrogens with one attached hydrogen (secondary N) is 1. The van der Waals surface area contributed by atoms with E-state index in [2.05, 4.69) is 39.5 Å². The van der Waals surface area contributed by atoms with Gasteiger partial charge in [0.1, 0.15) is 11.4 Å². The lowest BCUT2D eigenvalue weighted by atomic mass is 9.85. The zero-order valence-corrected chi connectivity index (χ0v) is 17.5. The van der Waals surface area contributed by atoms with Crippen LogP contribution in [0.25, 0.3) is 0 Å². The number of carbonyl (C=O) groups is 1. The van der Waals surface area contributed by atoms with E-state index in [1.54, 1.807) is 6.20 Å². The Bertz CT molecular complexity index is 1140. The maximum absolute atomic E-state index is 12.7. The molecule has 0 bridgehead atoms. The predicted octanol–water partition coefficient (Wildman–Crippen LogP) is 2.72. The summed E-state index contributed by atoms with van der Waals surface area (Å²) in [7, 11) is 0. The number of hydrogen-bond acceptors (Lipinski definition) is 4. The summed E-state index contributed by atoms with van der Waals surface area (Å²) in [4.78, 5) is 32.2. The summed E-state index contributed by atoms with van der Waals surface area (Å²) in [6.07, 6.45) is 3.66. The minimum Gasteiger partial charge on any atom is -0.348 e. The van der Waals surface area contributed by atoms with Crippen molar-refractivity contribution in [1.82, 2.24) is 19.8 Å². The summed E-state index contributed by atoms with van der Waals surface area (Å²) < 4.78 is 2.02. The molecule has 158 valence electrons. The molecule has 1 saturated heterocycles. The first-order valence-corrected chi connectivity index (χ1v) is 10.8. The van der Waals surface area contributed by atoms with E-state index in [9.17, 15) is 9.59 Å². The van der Waals surface area contributed by atoms with Gasteiger partial charge in [0.2, 0.25) is 0 Å². The molecule has 1 aromatic heterocycles. The molecule has 6 heteroatoms. The molecular weight excluding hydrogens is 388 g/mol. The molecular formula is C25H26N4O2. The van der Waals surface area contributed by atoms with Crippen LogP contribution < -0.4 is 10.9 Å². The Balaban J connectivity index is 1.31. The molecule has 0 aliphatic carbocycles. The van der Waals surface area contributed by atoms with Gasteiger partial charge in [0.15, 0.2) is 0 Å². The van der Waals surface area contributed by atoms with Crippen LogP contribution in [-0.2, 0) is 25.0 Å². The molecule has 0 radical (unpaired) electrons. The van der Waals surface area contributed by atoms with Gasteiger partial charge in [-0.1, -0.05) is 60.7 Å². The Kier molecular flexibility index (Phi) is 5.16. The molecule has 2 aromatic carbocycles. The van der Waals surface area contributed by atoms with E-state index in [0.717, 1.165) is 50.4 Å². The topological polar surface area (TPSA) is 67.2 Å². The first-order chi connectivity index (χ1) is 15.1. The highest BCUT2D eigenvalue weighted by molar-refractivity contribution is 5.93. The number of amides is 1. The van der Waals surface area contributed by atoms with Crippen molar-refractivity contribution >= 4 is 5.91 Å². The van der Waals surface area contributed by atoms with Gasteiger partial charge in [0.25, 0.3) is 11.5 Å². The highest BCUT2D eigenvalue weighted by atomic mass is 16.2. The van der Waals surface area contributed by atoms with E-state index >= 15 is 0 Å². The van der Waals surface area contributed by atoms with Crippen molar-refractivity contribution in [2.24, 2.45) is 0 Å². The number of hydrogen-bond donors (Lipinski definition) is 1. The maximum Gasteiger partial charge on any atom is 0.285 e. The lowest BCUT2D eigenvalue weighted by Gasteiger charge is -2.23. The normalized spacial score (nSPS) is 20.1. The third kappa shape index (κ3) is 3.91. The Hall–Kier alpha value is -3.25. The lowest BCUT2D eigenvalue weighted by molar-refractivity contribution is 0.0948. The van der Waals surface area contributed by atoms with E-state index < -0.39 is 5.56 Å². The SMILES string of the molecule is O=C(NCc1ccccc1)c1cn2c(nc1=O)[C@@]1(CCN(Cc3ccccc3)C1)CC2. The van der Waals surface area contributed by atoms with Gasteiger partial charge in [0.05, 0.1) is 0 Å². The van der Waals surface area contributed by atoms with Gasteiger partial charge >= 0.3 is 0 Å². The number of benzene rings is 2. The van der Waals surface area contributed by atoms with Gasteiger partial charge in [-0.25, -0.2) is 0 Å². The van der Waals surface area contributed by atoms with Crippen LogP contribution >= 0.6 is 0 Å². The monoisotopic (exact) mass is 414 g/mol. The fourth-order valence-corrected chi connectivity index (χ4v) is 4.88. The van der Waals surface area contributed by atoms with Gasteiger partial charge < -0.3 is 9.88 Å². The molecule has 3 aromatic rings. The van der Waals surface area contributed by atoms with Crippen LogP contribution in [0, 0.1) is 0 Å². The van der Waals surface area contributed by atoms with E-state index in [1.807, 2.05) is 41.0 Å². The maximum atomic E-state index is 12.7. The highest BCUT2D eigenvalue weighted by Crippen LogP contribution is 2.41. The predicted molar refractivity (Wildman–Crippen MR) is 119 cm³/mol. The van der Waals surface area contributed by atoms with Gasteiger partial charge in [-0.05, 0) is 30.5 Å². The number of aromatic nitrogens is 2. The standard InChI is InChI=1S/C25H26N4O2/c30-22(26-15-19-7-3-1-4-8-19)21-17-29-14-12-25(24(29)27-23(21)31)11-13-28(18-25)16-20-9-5-2-6-10-20/h1-10,17H,11-16,18H2,(H,26,30)/t25-/m0/s1. The van der Waals surface area contributed by atoms with Crippen molar-refractivity contribution in [3.63, 3.8) is 0 Å². The third-order valence-electron chi connectivity index (χ3n) is 6.52. The second kappa shape index (κ2) is 8.12. The zero-order chi connectivity index (χ0) is 21.3. The summed E-state index contributed by atoms with van der Waals surface area (Å²) >= 11 is 0. The summed E-state index contributed by atoms with van der Waals surface area (Å²) in [5.74, 6) is 0.474.